The molecule has 0 saturated heterocycles. The number of nitrogens with zero attached hydrogens (tertiary/aromatic N) is 5. The first-order valence-electron chi connectivity index (χ1n) is 17.5. The molecule has 1 aromatic heterocycles. The van der Waals surface area contributed by atoms with E-state index in [4.69, 9.17) is 0 Å². The maximum atomic E-state index is 10.4. The van der Waals surface area contributed by atoms with Crippen LogP contribution in [0.15, 0.2) is 139 Å². The molecule has 0 bridgehead atoms. The zero-order valence-corrected chi connectivity index (χ0v) is 28.3. The van der Waals surface area contributed by atoms with Gasteiger partial charge in [0.1, 0.15) is 6.07 Å². The summed E-state index contributed by atoms with van der Waals surface area (Å²) in [5, 5.41) is 30.8. The van der Waals surface area contributed by atoms with Crippen molar-refractivity contribution in [1.29, 1.82) is 15.8 Å². The van der Waals surface area contributed by atoms with Gasteiger partial charge in [0.2, 0.25) is 0 Å². The Bertz CT molecular complexity index is 2680. The van der Waals surface area contributed by atoms with Crippen LogP contribution in [0, 0.1) is 34.0 Å². The van der Waals surface area contributed by atoms with E-state index in [0.29, 0.717) is 23.1 Å². The summed E-state index contributed by atoms with van der Waals surface area (Å²) in [5.74, 6) is 0. The molecule has 52 heavy (non-hydrogen) atoms. The number of benzene rings is 5. The molecule has 0 unspecified atom stereocenters. The fourth-order valence-corrected chi connectivity index (χ4v) is 8.08. The highest BCUT2D eigenvalue weighted by molar-refractivity contribution is 5.96. The molecule has 0 fully saturated rings. The van der Waals surface area contributed by atoms with Crippen LogP contribution in [0.5, 0.6) is 0 Å². The van der Waals surface area contributed by atoms with Crippen LogP contribution in [-0.2, 0) is 12.8 Å². The number of allylic oxidation sites excluding steroid dienone is 7. The van der Waals surface area contributed by atoms with Gasteiger partial charge in [-0.3, -0.25) is 0 Å². The highest BCUT2D eigenvalue weighted by atomic mass is 15.2. The Morgan fingerprint density at radius 1 is 0.654 bits per heavy atom. The minimum absolute atomic E-state index is 0.595. The molecule has 2 aliphatic carbocycles. The van der Waals surface area contributed by atoms with Crippen LogP contribution in [0.3, 0.4) is 0 Å². The van der Waals surface area contributed by atoms with Gasteiger partial charge >= 0.3 is 0 Å². The van der Waals surface area contributed by atoms with Crippen molar-refractivity contribution in [3.05, 3.63) is 184 Å². The molecule has 5 heteroatoms. The van der Waals surface area contributed by atoms with Gasteiger partial charge in [0.05, 0.1) is 40.0 Å². The van der Waals surface area contributed by atoms with Crippen LogP contribution >= 0.6 is 0 Å². The standard InChI is InChI=1S/C47H31N5/c48-28-31-8-5-17-45-41(24-31)42-25-32(29-49)18-23-46(42)51(45)39-13-6-11-35(27-39)33-19-21-34(22-20-33)40-14-7-12-38(30-50)47(40)52-43-15-3-1-9-36(43)26-37-10-2-4-16-44(37)52/h1-16,18-19,21,23-25,27H,17,20,22,26H2. The Hall–Kier alpha value is -7.13. The first kappa shape index (κ1) is 30.9. The van der Waals surface area contributed by atoms with Gasteiger partial charge in [-0.05, 0) is 101 Å². The summed E-state index contributed by atoms with van der Waals surface area (Å²) >= 11 is 0. The minimum atomic E-state index is 0.595. The van der Waals surface area contributed by atoms with E-state index in [1.54, 1.807) is 0 Å². The summed E-state index contributed by atoms with van der Waals surface area (Å²) in [6.45, 7) is 0. The van der Waals surface area contributed by atoms with Gasteiger partial charge in [-0.1, -0.05) is 78.9 Å². The van der Waals surface area contributed by atoms with Crippen molar-refractivity contribution in [1.82, 2.24) is 4.57 Å². The third kappa shape index (κ3) is 5.06. The van der Waals surface area contributed by atoms with Gasteiger partial charge in [-0.15, -0.1) is 0 Å². The Kier molecular flexibility index (Phi) is 7.51. The lowest BCUT2D eigenvalue weighted by Gasteiger charge is -2.35. The number of aromatic nitrogens is 1. The van der Waals surface area contributed by atoms with Crippen LogP contribution in [0.2, 0.25) is 0 Å². The molecule has 9 rings (SSSR count). The van der Waals surface area contributed by atoms with Crippen molar-refractivity contribution in [2.45, 2.75) is 25.7 Å². The number of anilines is 3. The highest BCUT2D eigenvalue weighted by Crippen LogP contribution is 2.48. The molecule has 3 aliphatic rings. The fourth-order valence-electron chi connectivity index (χ4n) is 8.08. The third-order valence-electron chi connectivity index (χ3n) is 10.5. The van der Waals surface area contributed by atoms with Gasteiger partial charge in [0.25, 0.3) is 0 Å². The predicted octanol–water partition coefficient (Wildman–Crippen LogP) is 11.0. The third-order valence-corrected chi connectivity index (χ3v) is 10.5. The molecule has 2 heterocycles. The van der Waals surface area contributed by atoms with Crippen molar-refractivity contribution in [2.75, 3.05) is 4.90 Å². The number of fused-ring (bicyclic) bond motifs is 5. The smallest absolute Gasteiger partial charge is 0.101 e. The Balaban J connectivity index is 1.13. The SMILES string of the molecule is N#CC1=Cc2c(n(-c3cccc(C4=CC=C(c5cccc(C#N)c5N5c6ccccc6Cc6ccccc65)CC4)c3)c3ccc(C#N)cc23)CC=C1. The molecular weight excluding hydrogens is 635 g/mol. The number of hydrogen-bond donors (Lipinski definition) is 0. The zero-order chi connectivity index (χ0) is 35.2. The van der Waals surface area contributed by atoms with E-state index in [2.05, 4.69) is 119 Å². The lowest BCUT2D eigenvalue weighted by atomic mass is 9.87. The second-order valence-electron chi connectivity index (χ2n) is 13.4. The Morgan fingerprint density at radius 2 is 1.40 bits per heavy atom. The molecule has 1 aliphatic heterocycles. The van der Waals surface area contributed by atoms with E-state index in [1.165, 1.54) is 22.3 Å². The second-order valence-corrected chi connectivity index (χ2v) is 13.4. The molecule has 5 aromatic carbocycles. The van der Waals surface area contributed by atoms with Gasteiger partial charge in [0, 0.05) is 52.1 Å². The molecular formula is C47H31N5. The average Bonchev–Trinajstić information content (AvgIpc) is 3.34. The summed E-state index contributed by atoms with van der Waals surface area (Å²) in [6.07, 6.45) is 13.5. The monoisotopic (exact) mass is 665 g/mol. The molecule has 0 amide bonds. The Morgan fingerprint density at radius 3 is 2.13 bits per heavy atom. The van der Waals surface area contributed by atoms with Gasteiger partial charge < -0.3 is 9.47 Å². The molecule has 0 spiro atoms. The quantitative estimate of drug-likeness (QED) is 0.187. The van der Waals surface area contributed by atoms with Crippen LogP contribution in [-0.4, -0.2) is 4.57 Å². The minimum Gasteiger partial charge on any atom is -0.313 e. The van der Waals surface area contributed by atoms with Crippen molar-refractivity contribution in [3.8, 4) is 23.9 Å². The van der Waals surface area contributed by atoms with Crippen LogP contribution in [0.25, 0.3) is 33.8 Å². The summed E-state index contributed by atoms with van der Waals surface area (Å²) in [7, 11) is 0. The predicted molar refractivity (Wildman–Crippen MR) is 208 cm³/mol. The first-order valence-corrected chi connectivity index (χ1v) is 17.5. The summed E-state index contributed by atoms with van der Waals surface area (Å²) in [6, 6.07) is 44.6. The molecule has 5 nitrogen and oxygen atoms in total. The van der Waals surface area contributed by atoms with Crippen LogP contribution < -0.4 is 4.90 Å². The lowest BCUT2D eigenvalue weighted by molar-refractivity contribution is 0.999. The normalized spacial score (nSPS) is 14.4. The van der Waals surface area contributed by atoms with Crippen molar-refractivity contribution >= 4 is 45.2 Å². The Labute approximate surface area is 302 Å². The van der Waals surface area contributed by atoms with E-state index in [9.17, 15) is 15.8 Å². The van der Waals surface area contributed by atoms with E-state index >= 15 is 0 Å². The molecule has 0 N–H and O–H groups in total. The number of rotatable bonds is 4. The summed E-state index contributed by atoms with van der Waals surface area (Å²) in [4.78, 5) is 2.29. The van der Waals surface area contributed by atoms with E-state index in [-0.39, 0.29) is 0 Å². The topological polar surface area (TPSA) is 79.5 Å². The van der Waals surface area contributed by atoms with E-state index in [0.717, 1.165) is 75.3 Å². The first-order chi connectivity index (χ1) is 25.6. The zero-order valence-electron chi connectivity index (χ0n) is 28.3. The molecule has 6 aromatic rings. The molecule has 0 radical (unpaired) electrons. The lowest BCUT2D eigenvalue weighted by Crippen LogP contribution is -2.20. The van der Waals surface area contributed by atoms with Crippen LogP contribution in [0.4, 0.5) is 17.1 Å². The molecule has 244 valence electrons. The van der Waals surface area contributed by atoms with Crippen LogP contribution in [0.1, 0.15) is 57.5 Å². The van der Waals surface area contributed by atoms with Gasteiger partial charge in [-0.2, -0.15) is 15.8 Å². The number of nitriles is 3. The van der Waals surface area contributed by atoms with E-state index < -0.39 is 0 Å². The number of hydrogen-bond acceptors (Lipinski definition) is 4. The fraction of sp³-hybridized carbons (Fsp3) is 0.0851. The summed E-state index contributed by atoms with van der Waals surface area (Å²) < 4.78 is 2.27. The van der Waals surface area contributed by atoms with Crippen molar-refractivity contribution in [3.63, 3.8) is 0 Å². The van der Waals surface area contributed by atoms with Gasteiger partial charge in [0.15, 0.2) is 0 Å². The second kappa shape index (κ2) is 12.6. The van der Waals surface area contributed by atoms with Crippen molar-refractivity contribution < 1.29 is 0 Å². The van der Waals surface area contributed by atoms with E-state index in [1.807, 2.05) is 48.6 Å². The highest BCUT2D eigenvalue weighted by Gasteiger charge is 2.28. The molecule has 0 atom stereocenters. The van der Waals surface area contributed by atoms with Crippen molar-refractivity contribution in [2.24, 2.45) is 0 Å². The molecule has 0 saturated carbocycles. The average molecular weight is 666 g/mol. The number of para-hydroxylation sites is 3. The van der Waals surface area contributed by atoms with Gasteiger partial charge in [-0.25, -0.2) is 0 Å². The largest absolute Gasteiger partial charge is 0.313 e. The maximum Gasteiger partial charge on any atom is 0.101 e. The summed E-state index contributed by atoms with van der Waals surface area (Å²) in [5.41, 5.74) is 16.3. The maximum absolute atomic E-state index is 10.4.